The van der Waals surface area contributed by atoms with Crippen LogP contribution in [0.1, 0.15) is 31.2 Å². The Morgan fingerprint density at radius 2 is 1.95 bits per heavy atom. The lowest BCUT2D eigenvalue weighted by atomic mass is 9.99. The molecule has 1 fully saturated rings. The van der Waals surface area contributed by atoms with Crippen LogP contribution >= 0.6 is 0 Å². The summed E-state index contributed by atoms with van der Waals surface area (Å²) in [6.45, 7) is 0.204. The van der Waals surface area contributed by atoms with Crippen molar-refractivity contribution in [3.63, 3.8) is 0 Å². The average molecular weight is 262 g/mol. The topological polar surface area (TPSA) is 63.6 Å². The molecule has 0 saturated heterocycles. The van der Waals surface area contributed by atoms with Crippen molar-refractivity contribution in [3.8, 4) is 0 Å². The van der Waals surface area contributed by atoms with E-state index in [1.165, 1.54) is 0 Å². The summed E-state index contributed by atoms with van der Waals surface area (Å²) in [5, 5.41) is 9.08. The van der Waals surface area contributed by atoms with Crippen LogP contribution in [0, 0.1) is 11.8 Å². The molecule has 1 aromatic carbocycles. The van der Waals surface area contributed by atoms with Gasteiger partial charge in [0.15, 0.2) is 0 Å². The van der Waals surface area contributed by atoms with E-state index in [9.17, 15) is 9.59 Å². The highest BCUT2D eigenvalue weighted by Gasteiger charge is 2.31. The molecule has 1 aromatic rings. The van der Waals surface area contributed by atoms with E-state index in [1.807, 2.05) is 30.3 Å². The quantitative estimate of drug-likeness (QED) is 0.767. The molecular formula is C15H18O4. The summed E-state index contributed by atoms with van der Waals surface area (Å²) in [6.07, 6.45) is 2.74. The highest BCUT2D eigenvalue weighted by molar-refractivity contribution is 5.78. The fraction of sp³-hybridized carbons (Fsp3) is 0.467. The van der Waals surface area contributed by atoms with Crippen molar-refractivity contribution in [2.24, 2.45) is 11.8 Å². The van der Waals surface area contributed by atoms with Gasteiger partial charge in [-0.15, -0.1) is 0 Å². The van der Waals surface area contributed by atoms with Crippen molar-refractivity contribution in [3.05, 3.63) is 35.9 Å². The smallest absolute Gasteiger partial charge is 0.307 e. The Labute approximate surface area is 112 Å². The van der Waals surface area contributed by atoms with Gasteiger partial charge in [-0.05, 0) is 17.9 Å². The average Bonchev–Trinajstić information content (AvgIpc) is 3.21. The maximum atomic E-state index is 11.6. The molecule has 1 aliphatic rings. The van der Waals surface area contributed by atoms with E-state index >= 15 is 0 Å². The summed E-state index contributed by atoms with van der Waals surface area (Å²) in [6, 6.07) is 9.37. The number of hydrogen-bond acceptors (Lipinski definition) is 3. The maximum absolute atomic E-state index is 11.6. The van der Waals surface area contributed by atoms with Crippen LogP contribution in [0.5, 0.6) is 0 Å². The maximum Gasteiger partial charge on any atom is 0.307 e. The van der Waals surface area contributed by atoms with Gasteiger partial charge in [0.05, 0.1) is 12.3 Å². The van der Waals surface area contributed by atoms with Crippen LogP contribution in [-0.2, 0) is 20.9 Å². The van der Waals surface area contributed by atoms with E-state index in [2.05, 4.69) is 0 Å². The Morgan fingerprint density at radius 3 is 2.53 bits per heavy atom. The second-order valence-corrected chi connectivity index (χ2v) is 5.06. The predicted octanol–water partition coefficient (Wildman–Crippen LogP) is 2.62. The van der Waals surface area contributed by atoms with E-state index in [-0.39, 0.29) is 13.0 Å². The molecule has 0 spiro atoms. The summed E-state index contributed by atoms with van der Waals surface area (Å²) in [5.41, 5.74) is 0.907. The zero-order chi connectivity index (χ0) is 13.7. The number of hydrogen-bond donors (Lipinski definition) is 1. The predicted molar refractivity (Wildman–Crippen MR) is 69.3 cm³/mol. The van der Waals surface area contributed by atoms with E-state index < -0.39 is 17.9 Å². The molecule has 0 aromatic heterocycles. The molecule has 4 nitrogen and oxygen atoms in total. The number of carbonyl (C=O) groups excluding carboxylic acids is 1. The normalized spacial score (nSPS) is 15.8. The van der Waals surface area contributed by atoms with Gasteiger partial charge >= 0.3 is 11.9 Å². The molecule has 0 heterocycles. The van der Waals surface area contributed by atoms with Crippen LogP contribution < -0.4 is 0 Å². The second-order valence-electron chi connectivity index (χ2n) is 5.06. The first-order valence-electron chi connectivity index (χ1n) is 6.57. The van der Waals surface area contributed by atoms with Gasteiger partial charge in [-0.2, -0.15) is 0 Å². The van der Waals surface area contributed by atoms with Gasteiger partial charge in [0, 0.05) is 0 Å². The third kappa shape index (κ3) is 4.73. The van der Waals surface area contributed by atoms with E-state index in [0.717, 1.165) is 18.4 Å². The van der Waals surface area contributed by atoms with Crippen LogP contribution in [0.2, 0.25) is 0 Å². The number of rotatable bonds is 7. The zero-order valence-electron chi connectivity index (χ0n) is 10.7. The van der Waals surface area contributed by atoms with Crippen LogP contribution in [0.25, 0.3) is 0 Å². The van der Waals surface area contributed by atoms with E-state index in [1.54, 1.807) is 0 Å². The number of carbonyl (C=O) groups is 2. The van der Waals surface area contributed by atoms with Crippen molar-refractivity contribution in [1.82, 2.24) is 0 Å². The fourth-order valence-electron chi connectivity index (χ4n) is 2.03. The number of carboxylic acid groups (broad SMARTS) is 1. The summed E-state index contributed by atoms with van der Waals surface area (Å²) in [5.74, 6) is -1.45. The first-order valence-corrected chi connectivity index (χ1v) is 6.57. The molecule has 4 heteroatoms. The highest BCUT2D eigenvalue weighted by atomic mass is 16.5. The van der Waals surface area contributed by atoms with Crippen molar-refractivity contribution in [2.45, 2.75) is 32.3 Å². The van der Waals surface area contributed by atoms with Gasteiger partial charge in [-0.3, -0.25) is 9.59 Å². The second kappa shape index (κ2) is 6.36. The molecule has 1 aliphatic carbocycles. The number of aliphatic carboxylic acids is 1. The monoisotopic (exact) mass is 262 g/mol. The Hall–Kier alpha value is -1.84. The molecule has 2 rings (SSSR count). The highest BCUT2D eigenvalue weighted by Crippen LogP contribution is 2.36. The third-order valence-electron chi connectivity index (χ3n) is 3.32. The summed E-state index contributed by atoms with van der Waals surface area (Å²) in [7, 11) is 0. The number of carboxylic acids is 1. The molecule has 1 N–H and O–H groups in total. The van der Waals surface area contributed by atoms with Crippen molar-refractivity contribution >= 4 is 11.9 Å². The van der Waals surface area contributed by atoms with Crippen LogP contribution in [0.3, 0.4) is 0 Å². The third-order valence-corrected chi connectivity index (χ3v) is 3.32. The minimum absolute atomic E-state index is 0.0291. The Balaban J connectivity index is 1.77. The molecule has 102 valence electrons. The van der Waals surface area contributed by atoms with Crippen LogP contribution in [0.15, 0.2) is 30.3 Å². The van der Waals surface area contributed by atoms with Gasteiger partial charge in [-0.1, -0.05) is 43.2 Å². The van der Waals surface area contributed by atoms with Gasteiger partial charge < -0.3 is 9.84 Å². The van der Waals surface area contributed by atoms with E-state index in [0.29, 0.717) is 12.3 Å². The SMILES string of the molecule is O=C(C[C@@H](CC1CC1)C(=O)O)OCc1ccccc1. The van der Waals surface area contributed by atoms with Gasteiger partial charge in [0.2, 0.25) is 0 Å². The van der Waals surface area contributed by atoms with Gasteiger partial charge in [0.25, 0.3) is 0 Å². The van der Waals surface area contributed by atoms with Crippen LogP contribution in [-0.4, -0.2) is 17.0 Å². The standard InChI is InChI=1S/C15H18O4/c16-14(19-10-12-4-2-1-3-5-12)9-13(15(17)18)8-11-6-7-11/h1-5,11,13H,6-10H2,(H,17,18)/t13-/m1/s1. The van der Waals surface area contributed by atoms with Crippen molar-refractivity contribution in [2.75, 3.05) is 0 Å². The first-order chi connectivity index (χ1) is 9.15. The van der Waals surface area contributed by atoms with Crippen LogP contribution in [0.4, 0.5) is 0 Å². The van der Waals surface area contributed by atoms with Crippen molar-refractivity contribution < 1.29 is 19.4 Å². The molecule has 0 amide bonds. The molecule has 1 atom stereocenters. The summed E-state index contributed by atoms with van der Waals surface area (Å²) < 4.78 is 5.11. The molecule has 0 radical (unpaired) electrons. The van der Waals surface area contributed by atoms with E-state index in [4.69, 9.17) is 9.84 Å². The number of ether oxygens (including phenoxy) is 1. The van der Waals surface area contributed by atoms with Gasteiger partial charge in [-0.25, -0.2) is 0 Å². The molecule has 0 bridgehead atoms. The lowest BCUT2D eigenvalue weighted by molar-refractivity contribution is -0.152. The largest absolute Gasteiger partial charge is 0.481 e. The molecule has 0 unspecified atom stereocenters. The lowest BCUT2D eigenvalue weighted by Crippen LogP contribution is -2.20. The Morgan fingerprint density at radius 1 is 1.26 bits per heavy atom. The molecule has 0 aliphatic heterocycles. The van der Waals surface area contributed by atoms with Gasteiger partial charge in [0.1, 0.15) is 6.61 Å². The number of esters is 1. The molecular weight excluding hydrogens is 244 g/mol. The zero-order valence-corrected chi connectivity index (χ0v) is 10.7. The summed E-state index contributed by atoms with van der Waals surface area (Å²) in [4.78, 5) is 22.7. The minimum atomic E-state index is -0.899. The first kappa shape index (κ1) is 13.6. The minimum Gasteiger partial charge on any atom is -0.481 e. The Kier molecular flexibility index (Phi) is 4.55. The molecule has 1 saturated carbocycles. The summed E-state index contributed by atoms with van der Waals surface area (Å²) >= 11 is 0. The number of benzene rings is 1. The molecule has 19 heavy (non-hydrogen) atoms. The lowest BCUT2D eigenvalue weighted by Gasteiger charge is -2.11. The fourth-order valence-corrected chi connectivity index (χ4v) is 2.03. The Bertz CT molecular complexity index is 437. The van der Waals surface area contributed by atoms with Crippen molar-refractivity contribution in [1.29, 1.82) is 0 Å².